The molecule has 0 saturated heterocycles. The topological polar surface area (TPSA) is 61.5 Å². The zero-order valence-corrected chi connectivity index (χ0v) is 14.6. The summed E-state index contributed by atoms with van der Waals surface area (Å²) in [7, 11) is 0. The van der Waals surface area contributed by atoms with E-state index < -0.39 is 11.4 Å². The Hall–Kier alpha value is -2.37. The molecular formula is C19H18N2O2S. The monoisotopic (exact) mass is 338 g/mol. The smallest absolute Gasteiger partial charge is 0.182 e. The maximum Gasteiger partial charge on any atom is 0.182 e. The van der Waals surface area contributed by atoms with Crippen LogP contribution in [0.4, 0.5) is 0 Å². The van der Waals surface area contributed by atoms with Crippen molar-refractivity contribution in [3.8, 4) is 11.1 Å². The second kappa shape index (κ2) is 7.03. The number of hydrogen-bond donors (Lipinski definition) is 0. The minimum atomic E-state index is -1.41. The molecule has 0 N–H and O–H groups in total. The number of aromatic nitrogens is 1. The minimum Gasteiger partial charge on any atom is -0.586 e. The van der Waals surface area contributed by atoms with Crippen molar-refractivity contribution >= 4 is 17.6 Å². The molecule has 2 aromatic carbocycles. The second-order valence-corrected chi connectivity index (χ2v) is 6.80. The molecule has 1 heterocycles. The van der Waals surface area contributed by atoms with Crippen molar-refractivity contribution in [1.29, 1.82) is 0 Å². The van der Waals surface area contributed by atoms with E-state index in [4.69, 9.17) is 4.52 Å². The molecule has 0 aliphatic rings. The highest BCUT2D eigenvalue weighted by Gasteiger charge is 2.12. The second-order valence-electron chi connectivity index (χ2n) is 5.62. The van der Waals surface area contributed by atoms with Crippen LogP contribution in [0.5, 0.6) is 0 Å². The molecule has 24 heavy (non-hydrogen) atoms. The van der Waals surface area contributed by atoms with Crippen LogP contribution in [0.15, 0.2) is 62.3 Å². The van der Waals surface area contributed by atoms with Gasteiger partial charge in [0.15, 0.2) is 4.90 Å². The molecule has 5 heteroatoms. The molecule has 1 unspecified atom stereocenters. The Balaban J connectivity index is 1.83. The summed E-state index contributed by atoms with van der Waals surface area (Å²) in [6.45, 7) is 5.80. The molecule has 0 fully saturated rings. The third-order valence-electron chi connectivity index (χ3n) is 3.73. The number of benzene rings is 2. The lowest BCUT2D eigenvalue weighted by Gasteiger charge is -2.04. The lowest BCUT2D eigenvalue weighted by molar-refractivity contribution is 0.393. The molecule has 0 bridgehead atoms. The molecule has 0 spiro atoms. The number of hydrogen-bond acceptors (Lipinski definition) is 4. The van der Waals surface area contributed by atoms with E-state index in [1.807, 2.05) is 69.3 Å². The summed E-state index contributed by atoms with van der Waals surface area (Å²) in [5, 5.41) is 3.99. The number of nitrogens with zero attached hydrogens (tertiary/aromatic N) is 2. The normalized spacial score (nSPS) is 12.7. The van der Waals surface area contributed by atoms with Gasteiger partial charge >= 0.3 is 0 Å². The van der Waals surface area contributed by atoms with Gasteiger partial charge in [0, 0.05) is 5.56 Å². The predicted molar refractivity (Wildman–Crippen MR) is 96.6 cm³/mol. The Labute approximate surface area is 144 Å². The predicted octanol–water partition coefficient (Wildman–Crippen LogP) is 4.41. The number of aryl methyl sites for hydroxylation is 3. The maximum atomic E-state index is 12.2. The van der Waals surface area contributed by atoms with Gasteiger partial charge in [-0.2, -0.15) is 0 Å². The standard InChI is InChI=1S/C19H18N2O2S/c1-13-7-9-18(10-8-13)24(22)20-12-16-5-4-6-17(11-16)19-14(2)21-23-15(19)3/h4-12H,1-3H3/b20-12+. The van der Waals surface area contributed by atoms with Crippen molar-refractivity contribution in [2.45, 2.75) is 25.7 Å². The van der Waals surface area contributed by atoms with Gasteiger partial charge in [-0.15, -0.1) is 0 Å². The highest BCUT2D eigenvalue weighted by molar-refractivity contribution is 7.90. The van der Waals surface area contributed by atoms with Gasteiger partial charge in [-0.1, -0.05) is 45.4 Å². The molecule has 0 radical (unpaired) electrons. The fraction of sp³-hybridized carbons (Fsp3) is 0.158. The Kier molecular flexibility index (Phi) is 4.83. The van der Waals surface area contributed by atoms with E-state index >= 15 is 0 Å². The van der Waals surface area contributed by atoms with Crippen molar-refractivity contribution in [2.24, 2.45) is 4.40 Å². The van der Waals surface area contributed by atoms with E-state index in [0.29, 0.717) is 4.90 Å². The summed E-state index contributed by atoms with van der Waals surface area (Å²) in [6, 6.07) is 15.4. The Bertz CT molecular complexity index is 850. The van der Waals surface area contributed by atoms with Crippen LogP contribution >= 0.6 is 0 Å². The Morgan fingerprint density at radius 1 is 1.08 bits per heavy atom. The van der Waals surface area contributed by atoms with Crippen LogP contribution in [0.3, 0.4) is 0 Å². The zero-order chi connectivity index (χ0) is 17.1. The molecule has 1 atom stereocenters. The molecule has 0 amide bonds. The van der Waals surface area contributed by atoms with Gasteiger partial charge in [-0.05, 0) is 50.1 Å². The van der Waals surface area contributed by atoms with Crippen molar-refractivity contribution in [2.75, 3.05) is 0 Å². The van der Waals surface area contributed by atoms with E-state index in [2.05, 4.69) is 9.55 Å². The van der Waals surface area contributed by atoms with Crippen LogP contribution < -0.4 is 0 Å². The molecule has 0 saturated carbocycles. The average Bonchev–Trinajstić information content (AvgIpc) is 2.92. The first-order chi connectivity index (χ1) is 11.5. The Morgan fingerprint density at radius 2 is 1.83 bits per heavy atom. The summed E-state index contributed by atoms with van der Waals surface area (Å²) in [5.74, 6) is 0.782. The highest BCUT2D eigenvalue weighted by atomic mass is 32.2. The first-order valence-electron chi connectivity index (χ1n) is 7.60. The molecular weight excluding hydrogens is 320 g/mol. The van der Waals surface area contributed by atoms with E-state index in [0.717, 1.165) is 33.7 Å². The summed E-state index contributed by atoms with van der Waals surface area (Å²) in [5.41, 5.74) is 4.87. The number of rotatable bonds is 4. The molecule has 3 aromatic rings. The summed E-state index contributed by atoms with van der Waals surface area (Å²) in [6.07, 6.45) is 1.64. The fourth-order valence-corrected chi connectivity index (χ4v) is 3.20. The van der Waals surface area contributed by atoms with Crippen LogP contribution in [-0.2, 0) is 11.4 Å². The van der Waals surface area contributed by atoms with E-state index in [-0.39, 0.29) is 0 Å². The van der Waals surface area contributed by atoms with Gasteiger partial charge < -0.3 is 9.08 Å². The van der Waals surface area contributed by atoms with Crippen molar-refractivity contribution in [3.63, 3.8) is 0 Å². The summed E-state index contributed by atoms with van der Waals surface area (Å²) < 4.78 is 21.6. The molecule has 0 aliphatic heterocycles. The maximum absolute atomic E-state index is 12.2. The van der Waals surface area contributed by atoms with Crippen LogP contribution in [0.25, 0.3) is 11.1 Å². The van der Waals surface area contributed by atoms with Crippen LogP contribution in [-0.4, -0.2) is 15.9 Å². The van der Waals surface area contributed by atoms with Gasteiger partial charge in [0.1, 0.15) is 17.1 Å². The van der Waals surface area contributed by atoms with Crippen molar-refractivity contribution in [3.05, 3.63) is 71.1 Å². The largest absolute Gasteiger partial charge is 0.586 e. The van der Waals surface area contributed by atoms with Crippen molar-refractivity contribution < 1.29 is 9.08 Å². The minimum absolute atomic E-state index is 0.693. The summed E-state index contributed by atoms with van der Waals surface area (Å²) in [4.78, 5) is 0.693. The quantitative estimate of drug-likeness (QED) is 0.523. The summed E-state index contributed by atoms with van der Waals surface area (Å²) >= 11 is -1.41. The zero-order valence-electron chi connectivity index (χ0n) is 13.8. The van der Waals surface area contributed by atoms with Crippen LogP contribution in [0, 0.1) is 20.8 Å². The molecule has 0 aliphatic carbocycles. The van der Waals surface area contributed by atoms with E-state index in [1.165, 1.54) is 0 Å². The molecule has 122 valence electrons. The van der Waals surface area contributed by atoms with Crippen LogP contribution in [0.1, 0.15) is 22.6 Å². The van der Waals surface area contributed by atoms with E-state index in [9.17, 15) is 4.55 Å². The van der Waals surface area contributed by atoms with Gasteiger partial charge in [0.2, 0.25) is 0 Å². The molecule has 1 aromatic heterocycles. The lowest BCUT2D eigenvalue weighted by atomic mass is 10.0. The third kappa shape index (κ3) is 3.58. The third-order valence-corrected chi connectivity index (χ3v) is 4.70. The van der Waals surface area contributed by atoms with Crippen LogP contribution in [0.2, 0.25) is 0 Å². The first-order valence-corrected chi connectivity index (χ1v) is 8.71. The first kappa shape index (κ1) is 16.5. The molecule has 3 rings (SSSR count). The Morgan fingerprint density at radius 3 is 2.50 bits per heavy atom. The van der Waals surface area contributed by atoms with Gasteiger partial charge in [-0.25, -0.2) is 0 Å². The average molecular weight is 338 g/mol. The molecule has 4 nitrogen and oxygen atoms in total. The van der Waals surface area contributed by atoms with Gasteiger partial charge in [0.05, 0.1) is 11.9 Å². The lowest BCUT2D eigenvalue weighted by Crippen LogP contribution is -1.98. The van der Waals surface area contributed by atoms with Crippen molar-refractivity contribution in [1.82, 2.24) is 5.16 Å². The van der Waals surface area contributed by atoms with Gasteiger partial charge in [-0.3, -0.25) is 0 Å². The SMILES string of the molecule is Cc1ccc([S+]([O-])/N=C/c2cccc(-c3c(C)noc3C)c2)cc1. The highest BCUT2D eigenvalue weighted by Crippen LogP contribution is 2.27. The van der Waals surface area contributed by atoms with E-state index in [1.54, 1.807) is 6.21 Å². The van der Waals surface area contributed by atoms with Gasteiger partial charge in [0.25, 0.3) is 0 Å². The fourth-order valence-electron chi connectivity index (χ4n) is 2.49.